The minimum absolute atomic E-state index is 0.0500. The lowest BCUT2D eigenvalue weighted by Crippen LogP contribution is -2.61. The molecule has 9 atom stereocenters. The molecule has 0 unspecified atom stereocenters. The smallest absolute Gasteiger partial charge is 0.326 e. The predicted octanol–water partition coefficient (Wildman–Crippen LogP) is -3.23. The summed E-state index contributed by atoms with van der Waals surface area (Å²) in [5.41, 5.74) is 16.7. The van der Waals surface area contributed by atoms with E-state index in [-0.39, 0.29) is 50.2 Å². The summed E-state index contributed by atoms with van der Waals surface area (Å²) in [5.74, 6) is -12.7. The van der Waals surface area contributed by atoms with Crippen LogP contribution in [0.2, 0.25) is 0 Å². The zero-order valence-electron chi connectivity index (χ0n) is 42.5. The summed E-state index contributed by atoms with van der Waals surface area (Å²) in [7, 11) is 0. The van der Waals surface area contributed by atoms with E-state index in [4.69, 9.17) is 17.2 Å². The first-order valence-electron chi connectivity index (χ1n) is 23.7. The highest BCUT2D eigenvalue weighted by atomic mass is 32.2. The molecule has 0 aliphatic rings. The molecular formula is C45H75N13O14S. The molecule has 0 aliphatic carbocycles. The molecule has 27 nitrogen and oxygen atoms in total. The van der Waals surface area contributed by atoms with Crippen molar-refractivity contribution in [2.45, 2.75) is 161 Å². The molecule has 0 saturated carbocycles. The van der Waals surface area contributed by atoms with Crippen molar-refractivity contribution >= 4 is 82.8 Å². The summed E-state index contributed by atoms with van der Waals surface area (Å²) >= 11 is 1.29. The van der Waals surface area contributed by atoms with Gasteiger partial charge in [-0.3, -0.25) is 52.7 Å². The average Bonchev–Trinajstić information content (AvgIpc) is 3.81. The molecule has 1 aromatic heterocycles. The van der Waals surface area contributed by atoms with E-state index < -0.39 is 156 Å². The number of carbonyl (C=O) groups is 12. The first-order chi connectivity index (χ1) is 34.1. The van der Waals surface area contributed by atoms with Gasteiger partial charge < -0.3 is 74.9 Å². The van der Waals surface area contributed by atoms with Gasteiger partial charge in [-0.2, -0.15) is 11.8 Å². The highest BCUT2D eigenvalue weighted by molar-refractivity contribution is 7.98. The van der Waals surface area contributed by atoms with Crippen molar-refractivity contribution in [2.24, 2.45) is 35.0 Å². The van der Waals surface area contributed by atoms with Crippen LogP contribution in [0.15, 0.2) is 12.5 Å². The van der Waals surface area contributed by atoms with E-state index in [1.54, 1.807) is 47.8 Å². The fourth-order valence-electron chi connectivity index (χ4n) is 6.89. The Bertz CT molecular complexity index is 2070. The van der Waals surface area contributed by atoms with Crippen molar-refractivity contribution in [3.63, 3.8) is 0 Å². The van der Waals surface area contributed by atoms with Gasteiger partial charge >= 0.3 is 11.9 Å². The number of primary amides is 2. The number of aliphatic carboxylic acids is 2. The second-order valence-corrected chi connectivity index (χ2v) is 19.6. The summed E-state index contributed by atoms with van der Waals surface area (Å²) in [6, 6.07) is -12.5. The molecule has 1 heterocycles. The van der Waals surface area contributed by atoms with Crippen LogP contribution in [-0.2, 0) is 64.0 Å². The molecular weight excluding hydrogens is 979 g/mol. The molecule has 0 fully saturated rings. The number of aromatic amines is 1. The van der Waals surface area contributed by atoms with Gasteiger partial charge in [0.25, 0.3) is 0 Å². The van der Waals surface area contributed by atoms with E-state index in [9.17, 15) is 67.7 Å². The van der Waals surface area contributed by atoms with Crippen LogP contribution in [-0.4, -0.2) is 158 Å². The fraction of sp³-hybridized carbons (Fsp3) is 0.667. The molecule has 1 aromatic rings. The van der Waals surface area contributed by atoms with Gasteiger partial charge in [-0.25, -0.2) is 9.78 Å². The Labute approximate surface area is 427 Å². The molecule has 10 amide bonds. The number of rotatable bonds is 35. The summed E-state index contributed by atoms with van der Waals surface area (Å²) in [6.07, 6.45) is 1.55. The van der Waals surface area contributed by atoms with Crippen molar-refractivity contribution in [1.29, 1.82) is 0 Å². The highest BCUT2D eigenvalue weighted by Crippen LogP contribution is 2.12. The number of nitrogens with zero attached hydrogens (tertiary/aromatic N) is 1. The Morgan fingerprint density at radius 3 is 1.33 bits per heavy atom. The maximum absolute atomic E-state index is 14.1. The Balaban J connectivity index is 3.53. The van der Waals surface area contributed by atoms with Crippen LogP contribution in [0.25, 0.3) is 0 Å². The van der Waals surface area contributed by atoms with Gasteiger partial charge in [0.15, 0.2) is 0 Å². The average molecular weight is 1050 g/mol. The largest absolute Gasteiger partial charge is 0.481 e. The van der Waals surface area contributed by atoms with Crippen LogP contribution in [0, 0.1) is 17.8 Å². The Morgan fingerprint density at radius 2 is 0.945 bits per heavy atom. The van der Waals surface area contributed by atoms with E-state index in [1.807, 2.05) is 0 Å². The summed E-state index contributed by atoms with van der Waals surface area (Å²) < 4.78 is 0. The third-order valence-corrected chi connectivity index (χ3v) is 11.6. The molecule has 0 aliphatic heterocycles. The molecule has 0 saturated heterocycles. The topological polar surface area (TPSA) is 448 Å². The zero-order chi connectivity index (χ0) is 55.7. The Hall–Kier alpha value is -6.84. The van der Waals surface area contributed by atoms with Crippen molar-refractivity contribution in [2.75, 3.05) is 12.0 Å². The molecule has 0 bridgehead atoms. The Morgan fingerprint density at radius 1 is 0.548 bits per heavy atom. The summed E-state index contributed by atoms with van der Waals surface area (Å²) in [6.45, 7) is 11.2. The maximum atomic E-state index is 14.1. The fourth-order valence-corrected chi connectivity index (χ4v) is 7.36. The number of carbonyl (C=O) groups excluding carboxylic acids is 10. The minimum atomic E-state index is -1.65. The number of amides is 10. The molecule has 410 valence electrons. The molecule has 0 spiro atoms. The lowest BCUT2D eigenvalue weighted by atomic mass is 10.0. The second-order valence-electron chi connectivity index (χ2n) is 18.6. The molecule has 17 N–H and O–H groups in total. The highest BCUT2D eigenvalue weighted by Gasteiger charge is 2.36. The molecule has 28 heteroatoms. The molecule has 73 heavy (non-hydrogen) atoms. The first-order valence-corrected chi connectivity index (χ1v) is 25.1. The minimum Gasteiger partial charge on any atom is -0.481 e. The number of nitrogens with two attached hydrogens (primary N) is 3. The lowest BCUT2D eigenvalue weighted by molar-refractivity contribution is -0.143. The summed E-state index contributed by atoms with van der Waals surface area (Å²) in [5, 5.41) is 39.1. The van der Waals surface area contributed by atoms with Crippen molar-refractivity contribution in [3.05, 3.63) is 18.2 Å². The number of hydrogen-bond donors (Lipinski definition) is 14. The normalized spacial score (nSPS) is 14.9. The Kier molecular flexibility index (Phi) is 28.4. The van der Waals surface area contributed by atoms with Crippen LogP contribution < -0.4 is 59.7 Å². The van der Waals surface area contributed by atoms with Crippen molar-refractivity contribution in [3.8, 4) is 0 Å². The molecule has 1 rings (SSSR count). The SMILES string of the molecule is CSCC[C@H](NC(=O)[C@H](CCC(=O)O)NC(=O)[C@H](CCC(N)=O)NC(=O)[C@H](CC(C)C)NC(=O)[C@H](C)N)C(=O)N[C@H](C(=O)N[C@@H](Cc1cnc[nH]1)C(=O)N[C@@H](CCC(N)=O)C(=O)N[C@H](C(=O)O)C(C)C)C(C)C. The van der Waals surface area contributed by atoms with E-state index in [1.165, 1.54) is 31.2 Å². The van der Waals surface area contributed by atoms with Crippen LogP contribution >= 0.6 is 11.8 Å². The quantitative estimate of drug-likeness (QED) is 0.0318. The summed E-state index contributed by atoms with van der Waals surface area (Å²) in [4.78, 5) is 163. The van der Waals surface area contributed by atoms with Gasteiger partial charge in [0.1, 0.15) is 48.3 Å². The van der Waals surface area contributed by atoms with E-state index in [0.29, 0.717) is 5.69 Å². The monoisotopic (exact) mass is 1050 g/mol. The standard InChI is InChI=1S/C45H75N13O14S/c1-21(2)17-30(55-37(63)24(7)46)42(68)52-26(9-12-32(47)59)38(64)51-28(11-14-34(61)62)39(65)54-29(15-16-73-8)41(67)57-35(22(3)4)44(70)56-31(18-25-19-49-20-50-25)43(69)53-27(10-13-33(48)60)40(66)58-36(23(5)6)45(71)72/h19-24,26-31,35-36H,9-18,46H2,1-8H3,(H2,47,59)(H2,48,60)(H,49,50)(H,51,64)(H,52,68)(H,53,69)(H,54,65)(H,55,63)(H,56,70)(H,57,67)(H,58,66)(H,61,62)(H,71,72)/t24-,26-,27-,28-,29-,30-,31-,35-,36-/m0/s1. The zero-order valence-corrected chi connectivity index (χ0v) is 43.4. The van der Waals surface area contributed by atoms with Gasteiger partial charge in [0.2, 0.25) is 59.1 Å². The third kappa shape index (κ3) is 24.4. The van der Waals surface area contributed by atoms with Gasteiger partial charge in [-0.1, -0.05) is 41.5 Å². The number of carboxylic acid groups (broad SMARTS) is 2. The lowest BCUT2D eigenvalue weighted by Gasteiger charge is -2.29. The number of nitrogens with one attached hydrogen (secondary N) is 9. The number of H-pyrrole nitrogens is 1. The van der Waals surface area contributed by atoms with E-state index in [2.05, 4.69) is 52.5 Å². The number of thioether (sulfide) groups is 1. The second kappa shape index (κ2) is 32.3. The van der Waals surface area contributed by atoms with Crippen molar-refractivity contribution < 1.29 is 67.7 Å². The van der Waals surface area contributed by atoms with Gasteiger partial charge in [0, 0.05) is 37.6 Å². The van der Waals surface area contributed by atoms with E-state index >= 15 is 0 Å². The van der Waals surface area contributed by atoms with Crippen LogP contribution in [0.4, 0.5) is 0 Å². The van der Waals surface area contributed by atoms with Gasteiger partial charge in [0.05, 0.1) is 12.4 Å². The third-order valence-electron chi connectivity index (χ3n) is 11.0. The van der Waals surface area contributed by atoms with Crippen LogP contribution in [0.1, 0.15) is 106 Å². The first kappa shape index (κ1) is 64.2. The number of imidazole rings is 1. The van der Waals surface area contributed by atoms with Gasteiger partial charge in [-0.15, -0.1) is 0 Å². The van der Waals surface area contributed by atoms with Crippen LogP contribution in [0.3, 0.4) is 0 Å². The number of hydrogen-bond acceptors (Lipinski definition) is 15. The van der Waals surface area contributed by atoms with E-state index in [0.717, 1.165) is 0 Å². The maximum Gasteiger partial charge on any atom is 0.326 e. The molecule has 0 radical (unpaired) electrons. The predicted molar refractivity (Wildman–Crippen MR) is 265 cm³/mol. The van der Waals surface area contributed by atoms with Crippen LogP contribution in [0.5, 0.6) is 0 Å². The van der Waals surface area contributed by atoms with Gasteiger partial charge in [-0.05, 0) is 68.8 Å². The number of aromatic nitrogens is 2. The molecule has 0 aromatic carbocycles. The number of carboxylic acids is 2. The van der Waals surface area contributed by atoms with Crippen molar-refractivity contribution in [1.82, 2.24) is 52.5 Å².